The van der Waals surface area contributed by atoms with Gasteiger partial charge in [0.15, 0.2) is 0 Å². The first-order valence-electron chi connectivity index (χ1n) is 9.26. The minimum Gasteiger partial charge on any atom is -0.465 e. The first kappa shape index (κ1) is 25.8. The Balaban J connectivity index is 2.37. The Morgan fingerprint density at radius 3 is 2.12 bits per heavy atom. The maximum atomic E-state index is 13.2. The Morgan fingerprint density at radius 2 is 1.67 bits per heavy atom. The molecule has 0 saturated carbocycles. The van der Waals surface area contributed by atoms with Crippen LogP contribution in [0.5, 0.6) is 0 Å². The van der Waals surface area contributed by atoms with Gasteiger partial charge >= 0.3 is 18.4 Å². The molecule has 0 radical (unpaired) electrons. The van der Waals surface area contributed by atoms with Crippen molar-refractivity contribution in [3.8, 4) is 6.07 Å². The van der Waals surface area contributed by atoms with Gasteiger partial charge in [-0.2, -0.15) is 31.6 Å². The molecule has 0 unspecified atom stereocenters. The second-order valence-electron chi connectivity index (χ2n) is 7.94. The van der Waals surface area contributed by atoms with E-state index in [0.29, 0.717) is 11.0 Å². The lowest BCUT2D eigenvalue weighted by molar-refractivity contribution is -0.137. The lowest BCUT2D eigenvalue weighted by Crippen LogP contribution is -2.44. The molecule has 0 atom stereocenters. The second kappa shape index (κ2) is 9.16. The lowest BCUT2D eigenvalue weighted by Gasteiger charge is -2.31. The summed E-state index contributed by atoms with van der Waals surface area (Å²) in [5.41, 5.74) is -3.45. The first-order chi connectivity index (χ1) is 15.0. The number of alkyl halides is 6. The molecule has 0 aliphatic carbocycles. The van der Waals surface area contributed by atoms with Crippen LogP contribution in [-0.2, 0) is 19.3 Å². The number of carboxylic acid groups (broad SMARTS) is 1. The Hall–Kier alpha value is -3.50. The number of rotatable bonds is 6. The van der Waals surface area contributed by atoms with Gasteiger partial charge in [-0.05, 0) is 39.0 Å². The quantitative estimate of drug-likeness (QED) is 0.593. The third kappa shape index (κ3) is 6.99. The molecule has 8 nitrogen and oxygen atoms in total. The van der Waals surface area contributed by atoms with E-state index < -0.39 is 53.9 Å². The average molecular weight is 479 g/mol. The van der Waals surface area contributed by atoms with E-state index in [1.165, 1.54) is 6.07 Å². The van der Waals surface area contributed by atoms with E-state index in [0.717, 1.165) is 17.0 Å². The zero-order chi connectivity index (χ0) is 25.2. The van der Waals surface area contributed by atoms with E-state index in [-0.39, 0.29) is 18.3 Å². The van der Waals surface area contributed by atoms with Crippen molar-refractivity contribution in [2.24, 2.45) is 0 Å². The Labute approximate surface area is 184 Å². The summed E-state index contributed by atoms with van der Waals surface area (Å²) >= 11 is 0. The standard InChI is InChI=1S/C19H19F6N5O3/c1-17(2,3)30(16(31)32)9-15-28-27-14(33-15)8-29(10-18(20,21)22)12-5-4-11(7-26)13(6-12)19(23,24)25/h4-6H,8-10H2,1-3H3,(H,31,32). The van der Waals surface area contributed by atoms with Gasteiger partial charge in [-0.3, -0.25) is 4.90 Å². The number of nitriles is 1. The monoisotopic (exact) mass is 479 g/mol. The highest BCUT2D eigenvalue weighted by molar-refractivity contribution is 5.65. The summed E-state index contributed by atoms with van der Waals surface area (Å²) in [4.78, 5) is 12.9. The number of anilines is 1. The second-order valence-corrected chi connectivity index (χ2v) is 7.94. The summed E-state index contributed by atoms with van der Waals surface area (Å²) in [5, 5.41) is 25.4. The summed E-state index contributed by atoms with van der Waals surface area (Å²) in [6.07, 6.45) is -11.0. The van der Waals surface area contributed by atoms with Crippen LogP contribution in [0, 0.1) is 11.3 Å². The van der Waals surface area contributed by atoms with Gasteiger partial charge in [0.25, 0.3) is 0 Å². The molecule has 0 bridgehead atoms. The Morgan fingerprint density at radius 1 is 1.09 bits per heavy atom. The molecule has 1 N–H and O–H groups in total. The zero-order valence-corrected chi connectivity index (χ0v) is 17.6. The topological polar surface area (TPSA) is 106 Å². The molecule has 1 aromatic heterocycles. The van der Waals surface area contributed by atoms with Crippen molar-refractivity contribution in [2.45, 2.75) is 51.8 Å². The third-order valence-corrected chi connectivity index (χ3v) is 4.33. The number of aromatic nitrogens is 2. The van der Waals surface area contributed by atoms with Crippen LogP contribution in [0.1, 0.15) is 43.7 Å². The summed E-state index contributed by atoms with van der Waals surface area (Å²) in [6, 6.07) is 3.51. The van der Waals surface area contributed by atoms with Crippen molar-refractivity contribution in [3.05, 3.63) is 41.1 Å². The van der Waals surface area contributed by atoms with Gasteiger partial charge in [-0.1, -0.05) is 0 Å². The average Bonchev–Trinajstić information content (AvgIpc) is 3.09. The molecule has 0 spiro atoms. The minimum absolute atomic E-state index is 0.204. The predicted octanol–water partition coefficient (Wildman–Crippen LogP) is 4.81. The summed E-state index contributed by atoms with van der Waals surface area (Å²) in [7, 11) is 0. The Kier molecular flexibility index (Phi) is 7.15. The lowest BCUT2D eigenvalue weighted by atomic mass is 10.1. The number of nitrogens with zero attached hydrogens (tertiary/aromatic N) is 5. The maximum Gasteiger partial charge on any atom is 0.417 e. The van der Waals surface area contributed by atoms with Crippen molar-refractivity contribution < 1.29 is 40.7 Å². The molecule has 0 aliphatic heterocycles. The van der Waals surface area contributed by atoms with E-state index in [1.807, 2.05) is 0 Å². The molecule has 0 fully saturated rings. The number of halogens is 6. The van der Waals surface area contributed by atoms with E-state index in [9.17, 15) is 36.2 Å². The first-order valence-corrected chi connectivity index (χ1v) is 9.26. The molecule has 0 saturated heterocycles. The van der Waals surface area contributed by atoms with E-state index in [4.69, 9.17) is 9.68 Å². The maximum absolute atomic E-state index is 13.2. The number of benzene rings is 1. The van der Waals surface area contributed by atoms with Gasteiger partial charge in [0.05, 0.1) is 23.7 Å². The summed E-state index contributed by atoms with van der Waals surface area (Å²) in [5.74, 6) is -0.573. The van der Waals surface area contributed by atoms with E-state index in [1.54, 1.807) is 20.8 Å². The molecular weight excluding hydrogens is 460 g/mol. The van der Waals surface area contributed by atoms with Gasteiger partial charge in [0.1, 0.15) is 13.1 Å². The molecule has 180 valence electrons. The van der Waals surface area contributed by atoms with Gasteiger partial charge in [-0.25, -0.2) is 4.79 Å². The normalized spacial score (nSPS) is 12.4. The van der Waals surface area contributed by atoms with Crippen LogP contribution in [0.25, 0.3) is 0 Å². The van der Waals surface area contributed by atoms with Crippen LogP contribution in [0.4, 0.5) is 36.8 Å². The SMILES string of the molecule is CC(C)(C)N(Cc1nnc(CN(CC(F)(F)F)c2ccc(C#N)c(C(F)(F)F)c2)o1)C(=O)O. The summed E-state index contributed by atoms with van der Waals surface area (Å²) in [6.45, 7) is 2.11. The number of hydrogen-bond donors (Lipinski definition) is 1. The number of carbonyl (C=O) groups is 1. The highest BCUT2D eigenvalue weighted by Crippen LogP contribution is 2.35. The molecule has 2 aromatic rings. The van der Waals surface area contributed by atoms with Crippen molar-refractivity contribution in [1.29, 1.82) is 5.26 Å². The largest absolute Gasteiger partial charge is 0.465 e. The van der Waals surface area contributed by atoms with Gasteiger partial charge < -0.3 is 14.4 Å². The molecule has 33 heavy (non-hydrogen) atoms. The van der Waals surface area contributed by atoms with Gasteiger partial charge in [0.2, 0.25) is 11.8 Å². The van der Waals surface area contributed by atoms with Crippen molar-refractivity contribution in [3.63, 3.8) is 0 Å². The predicted molar refractivity (Wildman–Crippen MR) is 101 cm³/mol. The van der Waals surface area contributed by atoms with Crippen LogP contribution in [0.3, 0.4) is 0 Å². The number of amides is 1. The van der Waals surface area contributed by atoms with Gasteiger partial charge in [0, 0.05) is 11.2 Å². The van der Waals surface area contributed by atoms with Crippen LogP contribution >= 0.6 is 0 Å². The Bertz CT molecular complexity index is 1040. The fourth-order valence-corrected chi connectivity index (χ4v) is 2.82. The molecule has 1 heterocycles. The van der Waals surface area contributed by atoms with Crippen molar-refractivity contribution >= 4 is 11.8 Å². The van der Waals surface area contributed by atoms with Crippen molar-refractivity contribution in [2.75, 3.05) is 11.4 Å². The van der Waals surface area contributed by atoms with Crippen LogP contribution < -0.4 is 4.90 Å². The number of hydrogen-bond acceptors (Lipinski definition) is 6. The van der Waals surface area contributed by atoms with E-state index in [2.05, 4.69) is 10.2 Å². The van der Waals surface area contributed by atoms with Gasteiger partial charge in [-0.15, -0.1) is 10.2 Å². The van der Waals surface area contributed by atoms with Crippen LogP contribution in [0.2, 0.25) is 0 Å². The molecule has 14 heteroatoms. The molecular formula is C19H19F6N5O3. The fraction of sp³-hybridized carbons (Fsp3) is 0.474. The molecule has 2 rings (SSSR count). The third-order valence-electron chi connectivity index (χ3n) is 4.33. The smallest absolute Gasteiger partial charge is 0.417 e. The molecule has 0 aliphatic rings. The van der Waals surface area contributed by atoms with Crippen LogP contribution in [-0.4, -0.2) is 44.6 Å². The highest BCUT2D eigenvalue weighted by atomic mass is 19.4. The minimum atomic E-state index is -4.96. The highest BCUT2D eigenvalue weighted by Gasteiger charge is 2.36. The molecule has 1 amide bonds. The fourth-order valence-electron chi connectivity index (χ4n) is 2.82. The van der Waals surface area contributed by atoms with Crippen LogP contribution in [0.15, 0.2) is 22.6 Å². The van der Waals surface area contributed by atoms with Crippen molar-refractivity contribution in [1.82, 2.24) is 15.1 Å². The molecule has 1 aromatic carbocycles. The zero-order valence-electron chi connectivity index (χ0n) is 17.6. The summed E-state index contributed by atoms with van der Waals surface area (Å²) < 4.78 is 84.3. The van der Waals surface area contributed by atoms with E-state index >= 15 is 0 Å².